The molecule has 3 atom stereocenters. The first-order valence-corrected chi connectivity index (χ1v) is 32.4. The quantitative estimate of drug-likeness (QED) is 0.0677. The van der Waals surface area contributed by atoms with E-state index in [9.17, 15) is 33.6 Å². The van der Waals surface area contributed by atoms with Gasteiger partial charge in [0, 0.05) is 106 Å². The first kappa shape index (κ1) is 61.6. The van der Waals surface area contributed by atoms with Gasteiger partial charge in [0.25, 0.3) is 5.91 Å². The number of ether oxygens (including phenoxy) is 1. The van der Waals surface area contributed by atoms with Gasteiger partial charge in [-0.05, 0) is 104 Å². The fourth-order valence-corrected chi connectivity index (χ4v) is 15.3. The molecule has 0 spiro atoms. The fraction of sp³-hybridized carbons (Fsp3) is 0.388. The number of hydrogen-bond acceptors (Lipinski definition) is 13. The minimum absolute atomic E-state index is 0.00400. The molecule has 0 aliphatic carbocycles. The Kier molecular flexibility index (Phi) is 17.2. The Hall–Kier alpha value is -9.29. The molecule has 1 unspecified atom stereocenters. The van der Waals surface area contributed by atoms with E-state index in [4.69, 9.17) is 31.5 Å². The second-order valence-corrected chi connectivity index (χ2v) is 26.0. The molecular weight excluding hydrogens is 1220 g/mol. The number of nitrogens with zero attached hydrogens (tertiary/aromatic N) is 9. The average molecular weight is 1290 g/mol. The molecule has 3 aromatic heterocycles. The molecule has 13 rings (SSSR count). The third-order valence-corrected chi connectivity index (χ3v) is 20.4. The van der Waals surface area contributed by atoms with Crippen molar-refractivity contribution in [2.45, 2.75) is 94.2 Å². The Morgan fingerprint density at radius 2 is 1.54 bits per heavy atom. The third kappa shape index (κ3) is 12.2. The zero-order valence-electron chi connectivity index (χ0n) is 50.6. The predicted molar refractivity (Wildman–Crippen MR) is 342 cm³/mol. The Balaban J connectivity index is 0.672. The monoisotopic (exact) mass is 1290 g/mol. The molecule has 5 aliphatic heterocycles. The SMILES string of the molecule is Cn1ncc2cc(F)c(-c3cccc4c3c(C3CCN(C(=O)CCC5CCN(C(=O)[C@@H]6CCCN6C(=O)C6(Oc7ccccc7-c7nc8cccc(Cl)c8s7)CCN(C(=O)[C@H]7CC(=O)Nc8ccccc87)CC6)C5)CC3)nn4CC(=O)NCC(=O)NCC(=O)O)cc21. The van der Waals surface area contributed by atoms with E-state index in [1.54, 1.807) is 52.0 Å². The number of aromatic nitrogens is 5. The molecule has 8 aromatic rings. The van der Waals surface area contributed by atoms with Crippen molar-refractivity contribution in [1.29, 1.82) is 0 Å². The summed E-state index contributed by atoms with van der Waals surface area (Å²) in [5.41, 5.74) is 4.10. The molecule has 0 radical (unpaired) electrons. The summed E-state index contributed by atoms with van der Waals surface area (Å²) in [5, 5.41) is 28.4. The molecule has 22 nitrogen and oxygen atoms in total. The number of halogens is 2. The number of aryl methyl sites for hydroxylation is 1. The molecule has 5 aliphatic rings. The van der Waals surface area contributed by atoms with E-state index in [2.05, 4.69) is 21.0 Å². The number of aliphatic carboxylic acids is 1. The van der Waals surface area contributed by atoms with Gasteiger partial charge in [0.15, 0.2) is 5.60 Å². The number of carbonyl (C=O) groups is 8. The Morgan fingerprint density at radius 1 is 0.793 bits per heavy atom. The molecule has 5 aromatic carbocycles. The molecule has 25 heteroatoms. The highest BCUT2D eigenvalue weighted by Crippen LogP contribution is 2.44. The lowest BCUT2D eigenvalue weighted by molar-refractivity contribution is -0.159. The van der Waals surface area contributed by atoms with Gasteiger partial charge in [-0.2, -0.15) is 10.2 Å². The van der Waals surface area contributed by atoms with Gasteiger partial charge >= 0.3 is 5.97 Å². The van der Waals surface area contributed by atoms with E-state index in [0.29, 0.717) is 131 Å². The second-order valence-electron chi connectivity index (χ2n) is 24.6. The van der Waals surface area contributed by atoms with E-state index in [0.717, 1.165) is 21.3 Å². The topological polar surface area (TPSA) is 264 Å². The van der Waals surface area contributed by atoms with Crippen LogP contribution in [0.4, 0.5) is 10.1 Å². The van der Waals surface area contributed by atoms with E-state index in [1.807, 2.05) is 76.5 Å². The van der Waals surface area contributed by atoms with Crippen LogP contribution in [-0.2, 0) is 51.9 Å². The first-order chi connectivity index (χ1) is 44.5. The largest absolute Gasteiger partial charge is 0.480 e. The zero-order valence-corrected chi connectivity index (χ0v) is 52.1. The van der Waals surface area contributed by atoms with Gasteiger partial charge in [-0.15, -0.1) is 11.3 Å². The highest BCUT2D eigenvalue weighted by Gasteiger charge is 2.52. The van der Waals surface area contributed by atoms with Crippen LogP contribution in [-0.4, -0.2) is 167 Å². The number of anilines is 1. The van der Waals surface area contributed by atoms with Crippen molar-refractivity contribution in [2.24, 2.45) is 13.0 Å². The van der Waals surface area contributed by atoms with Gasteiger partial charge in [0.05, 0.1) is 56.2 Å². The number of likely N-dealkylation sites (tertiary alicyclic amines) is 4. The average Bonchev–Trinajstić information content (AvgIpc) is 1.54. The van der Waals surface area contributed by atoms with Crippen LogP contribution in [0, 0.1) is 11.7 Å². The molecule has 4 fully saturated rings. The molecule has 476 valence electrons. The van der Waals surface area contributed by atoms with Gasteiger partial charge in [-0.1, -0.05) is 60.1 Å². The summed E-state index contributed by atoms with van der Waals surface area (Å²) in [6, 6.07) is 28.1. The Bertz CT molecular complexity index is 4270. The van der Waals surface area contributed by atoms with Crippen LogP contribution >= 0.6 is 22.9 Å². The standard InChI is InChI=1S/C67H68ClFN12O10S/c1-76-53-32-45(48(69)31-41(53)34-72-76)43-11-6-15-51-60(43)61(75-81(51)38-57(84)70-35-56(83)71-36-59(86)87)40-21-27-77(28-22-40)58(85)19-18-39-20-26-79(37-39)65(89)52-16-8-25-80(52)66(90)67(91-54-17-5-3-10-44(54)63-74-50-14-7-12-47(68)62(50)92-63)23-29-78(30-24-67)64(88)46-33-55(82)73-49-13-4-2-9-42(46)49/h2-7,9-15,17,31-32,34,39-40,46,52H,8,16,18-30,33,35-38H2,1H3,(H,70,84)(H,71,83)(H,73,82)(H,86,87)/t39?,46-,52-/m0/s1. The van der Waals surface area contributed by atoms with Crippen LogP contribution in [0.15, 0.2) is 103 Å². The smallest absolute Gasteiger partial charge is 0.322 e. The van der Waals surface area contributed by atoms with Gasteiger partial charge in [-0.3, -0.25) is 47.7 Å². The Morgan fingerprint density at radius 3 is 2.35 bits per heavy atom. The normalized spacial score (nSPS) is 19.1. The number of amides is 7. The van der Waals surface area contributed by atoms with Crippen molar-refractivity contribution < 1.29 is 52.6 Å². The zero-order chi connectivity index (χ0) is 63.9. The number of benzene rings is 5. The maximum Gasteiger partial charge on any atom is 0.322 e. The van der Waals surface area contributed by atoms with Crippen molar-refractivity contribution in [3.63, 3.8) is 0 Å². The van der Waals surface area contributed by atoms with Crippen molar-refractivity contribution in [1.82, 2.24) is 54.8 Å². The molecule has 4 N–H and O–H groups in total. The van der Waals surface area contributed by atoms with E-state index in [1.165, 1.54) is 22.1 Å². The lowest BCUT2D eigenvalue weighted by Gasteiger charge is -2.44. The van der Waals surface area contributed by atoms with Crippen molar-refractivity contribution in [2.75, 3.05) is 64.2 Å². The van der Waals surface area contributed by atoms with Crippen molar-refractivity contribution >= 4 is 108 Å². The van der Waals surface area contributed by atoms with E-state index >= 15 is 9.18 Å². The van der Waals surface area contributed by atoms with Crippen LogP contribution in [0.1, 0.15) is 87.3 Å². The summed E-state index contributed by atoms with van der Waals surface area (Å²) >= 11 is 8.04. The van der Waals surface area contributed by atoms with E-state index < -0.39 is 54.3 Å². The maximum absolute atomic E-state index is 16.1. The molecular formula is C67H68ClFN12O10S. The summed E-state index contributed by atoms with van der Waals surface area (Å²) in [6.07, 6.45) is 5.55. The predicted octanol–water partition coefficient (Wildman–Crippen LogP) is 7.87. The molecule has 7 amide bonds. The summed E-state index contributed by atoms with van der Waals surface area (Å²) in [4.78, 5) is 120. The van der Waals surface area contributed by atoms with Crippen molar-refractivity contribution in [3.8, 4) is 27.4 Å². The Labute approximate surface area is 537 Å². The number of fused-ring (bicyclic) bond motifs is 4. The number of carboxylic acid groups (broad SMARTS) is 1. The number of hydrogen-bond donors (Lipinski definition) is 4. The molecule has 92 heavy (non-hydrogen) atoms. The second kappa shape index (κ2) is 25.8. The highest BCUT2D eigenvalue weighted by atomic mass is 35.5. The van der Waals surface area contributed by atoms with Gasteiger partial charge in [0.2, 0.25) is 35.4 Å². The minimum atomic E-state index is -1.48. The van der Waals surface area contributed by atoms with Crippen LogP contribution in [0.5, 0.6) is 5.75 Å². The fourth-order valence-electron chi connectivity index (χ4n) is 14.0. The van der Waals surface area contributed by atoms with Gasteiger partial charge in [0.1, 0.15) is 35.7 Å². The lowest BCUT2D eigenvalue weighted by Crippen LogP contribution is -2.61. The van der Waals surface area contributed by atoms with E-state index in [-0.39, 0.29) is 86.7 Å². The number of piperidine rings is 2. The first-order valence-electron chi connectivity index (χ1n) is 31.2. The number of thiazole rings is 1. The van der Waals surface area contributed by atoms with Crippen LogP contribution < -0.4 is 20.7 Å². The number of rotatable bonds is 17. The van der Waals surface area contributed by atoms with Crippen LogP contribution in [0.2, 0.25) is 5.02 Å². The van der Waals surface area contributed by atoms with Gasteiger partial charge in [-0.25, -0.2) is 9.37 Å². The number of carbonyl (C=O) groups excluding carboxylic acids is 7. The molecule has 8 heterocycles. The number of nitrogens with one attached hydrogen (secondary N) is 3. The highest BCUT2D eigenvalue weighted by molar-refractivity contribution is 7.22. The van der Waals surface area contributed by atoms with Crippen LogP contribution in [0.25, 0.3) is 53.7 Å². The molecule has 0 bridgehead atoms. The summed E-state index contributed by atoms with van der Waals surface area (Å²) in [7, 11) is 1.78. The summed E-state index contributed by atoms with van der Waals surface area (Å²) < 4.78 is 27.3. The van der Waals surface area contributed by atoms with Crippen molar-refractivity contribution in [3.05, 3.63) is 125 Å². The minimum Gasteiger partial charge on any atom is -0.480 e. The maximum atomic E-state index is 16.1. The lowest BCUT2D eigenvalue weighted by atomic mass is 9.85. The van der Waals surface area contributed by atoms with Crippen LogP contribution in [0.3, 0.4) is 0 Å². The summed E-state index contributed by atoms with van der Waals surface area (Å²) in [5.74, 6) is -4.19. The number of carboxylic acids is 1. The summed E-state index contributed by atoms with van der Waals surface area (Å²) in [6.45, 7) is 1.14. The molecule has 4 saturated heterocycles. The molecule has 0 saturated carbocycles. The third-order valence-electron chi connectivity index (χ3n) is 18.9. The van der Waals surface area contributed by atoms with Gasteiger partial charge < -0.3 is 45.4 Å². The number of para-hydroxylation sites is 2.